The van der Waals surface area contributed by atoms with E-state index in [1.54, 1.807) is 12.1 Å². The van der Waals surface area contributed by atoms with Crippen molar-refractivity contribution in [3.05, 3.63) is 58.1 Å². The Hall–Kier alpha value is -1.75. The molecule has 1 heterocycles. The Morgan fingerprint density at radius 1 is 1.08 bits per heavy atom. The molecule has 3 rings (SSSR count). The van der Waals surface area contributed by atoms with Gasteiger partial charge in [0.1, 0.15) is 0 Å². The fourth-order valence-corrected chi connectivity index (χ4v) is 3.29. The van der Waals surface area contributed by atoms with Gasteiger partial charge in [0.2, 0.25) is 5.91 Å². The molecule has 0 aliphatic carbocycles. The zero-order valence-corrected chi connectivity index (χ0v) is 15.7. The van der Waals surface area contributed by atoms with Gasteiger partial charge in [-0.15, -0.1) is 0 Å². The van der Waals surface area contributed by atoms with Crippen LogP contribution in [0, 0.1) is 0 Å². The molecule has 0 unspecified atom stereocenters. The molecule has 132 valence electrons. The molecule has 1 aliphatic heterocycles. The van der Waals surface area contributed by atoms with E-state index in [0.717, 1.165) is 43.1 Å². The summed E-state index contributed by atoms with van der Waals surface area (Å²) in [4.78, 5) is 16.3. The molecular weight excluding hydrogens is 357 g/mol. The van der Waals surface area contributed by atoms with Crippen LogP contribution in [0.4, 0.5) is 11.4 Å². The predicted octanol–water partition coefficient (Wildman–Crippen LogP) is 2.51. The Bertz CT molecular complexity index is 741. The van der Waals surface area contributed by atoms with Crippen LogP contribution in [-0.2, 0) is 11.2 Å². The fourth-order valence-electron chi connectivity index (χ4n) is 3.00. The van der Waals surface area contributed by atoms with Gasteiger partial charge in [-0.25, -0.2) is 0 Å². The highest BCUT2D eigenvalue weighted by atomic mass is 35.5. The number of piperazine rings is 1. The quantitative estimate of drug-likeness (QED) is 0.857. The van der Waals surface area contributed by atoms with Gasteiger partial charge in [-0.2, -0.15) is 0 Å². The first-order valence-electron chi connectivity index (χ1n) is 8.41. The molecule has 1 aliphatic rings. The van der Waals surface area contributed by atoms with E-state index in [1.165, 1.54) is 4.90 Å². The monoisotopic (exact) mass is 378 g/mol. The van der Waals surface area contributed by atoms with Crippen molar-refractivity contribution in [2.75, 3.05) is 43.4 Å². The molecule has 2 aromatic rings. The second-order valence-electron chi connectivity index (χ2n) is 6.46. The molecule has 1 amide bonds. The van der Waals surface area contributed by atoms with Gasteiger partial charge in [0.15, 0.2) is 0 Å². The van der Waals surface area contributed by atoms with Crippen LogP contribution in [0.2, 0.25) is 10.0 Å². The number of anilines is 2. The number of quaternary nitrogens is 1. The summed E-state index contributed by atoms with van der Waals surface area (Å²) in [6.45, 7) is 4.10. The zero-order valence-electron chi connectivity index (χ0n) is 14.2. The van der Waals surface area contributed by atoms with E-state index in [1.807, 2.05) is 30.3 Å². The van der Waals surface area contributed by atoms with Crippen molar-refractivity contribution < 1.29 is 9.69 Å². The van der Waals surface area contributed by atoms with E-state index >= 15 is 0 Å². The lowest BCUT2D eigenvalue weighted by molar-refractivity contribution is -0.880. The number of hydrogen-bond donors (Lipinski definition) is 2. The van der Waals surface area contributed by atoms with Gasteiger partial charge < -0.3 is 15.1 Å². The molecule has 0 saturated carbocycles. The molecule has 4 nitrogen and oxygen atoms in total. The summed E-state index contributed by atoms with van der Waals surface area (Å²) in [6, 6.07) is 13.0. The first kappa shape index (κ1) is 18.1. The molecule has 0 bridgehead atoms. The SMILES string of the molecule is C[NH+]1CCN(c2ccc(Cl)cc2NC(=O)Cc2ccc(Cl)cc2)CC1. The van der Waals surface area contributed by atoms with Crippen LogP contribution in [0.1, 0.15) is 5.56 Å². The van der Waals surface area contributed by atoms with Crippen LogP contribution in [-0.4, -0.2) is 39.1 Å². The van der Waals surface area contributed by atoms with E-state index < -0.39 is 0 Å². The maximum Gasteiger partial charge on any atom is 0.228 e. The minimum atomic E-state index is -0.0643. The minimum absolute atomic E-state index is 0.0643. The average Bonchev–Trinajstić information content (AvgIpc) is 2.58. The summed E-state index contributed by atoms with van der Waals surface area (Å²) >= 11 is 12.0. The number of nitrogens with one attached hydrogen (secondary N) is 2. The second kappa shape index (κ2) is 8.09. The maximum atomic E-state index is 12.5. The van der Waals surface area contributed by atoms with Crippen LogP contribution < -0.4 is 15.1 Å². The van der Waals surface area contributed by atoms with Crippen LogP contribution in [0.5, 0.6) is 0 Å². The molecule has 6 heteroatoms. The topological polar surface area (TPSA) is 36.8 Å². The van der Waals surface area contributed by atoms with E-state index in [0.29, 0.717) is 16.5 Å². The van der Waals surface area contributed by atoms with Crippen molar-refractivity contribution in [3.8, 4) is 0 Å². The van der Waals surface area contributed by atoms with E-state index in [4.69, 9.17) is 23.2 Å². The highest BCUT2D eigenvalue weighted by Crippen LogP contribution is 2.29. The Kier molecular flexibility index (Phi) is 5.84. The maximum absolute atomic E-state index is 12.5. The third-order valence-corrected chi connectivity index (χ3v) is 4.96. The summed E-state index contributed by atoms with van der Waals surface area (Å²) < 4.78 is 0. The van der Waals surface area contributed by atoms with Crippen LogP contribution in [0.25, 0.3) is 0 Å². The molecule has 1 saturated heterocycles. The molecule has 0 spiro atoms. The van der Waals surface area contributed by atoms with Crippen LogP contribution >= 0.6 is 23.2 Å². The highest BCUT2D eigenvalue weighted by molar-refractivity contribution is 6.31. The second-order valence-corrected chi connectivity index (χ2v) is 7.33. The van der Waals surface area contributed by atoms with E-state index in [2.05, 4.69) is 17.3 Å². The Morgan fingerprint density at radius 3 is 2.40 bits per heavy atom. The van der Waals surface area contributed by atoms with E-state index in [9.17, 15) is 4.79 Å². The number of halogens is 2. The number of carbonyl (C=O) groups excluding carboxylic acids is 1. The van der Waals surface area contributed by atoms with Gasteiger partial charge in [-0.3, -0.25) is 4.79 Å². The smallest absolute Gasteiger partial charge is 0.228 e. The number of carbonyl (C=O) groups is 1. The zero-order chi connectivity index (χ0) is 17.8. The van der Waals surface area contributed by atoms with Crippen molar-refractivity contribution >= 4 is 40.5 Å². The van der Waals surface area contributed by atoms with Gasteiger partial charge in [0, 0.05) is 10.0 Å². The van der Waals surface area contributed by atoms with Crippen molar-refractivity contribution in [3.63, 3.8) is 0 Å². The van der Waals surface area contributed by atoms with Gasteiger partial charge in [-0.1, -0.05) is 35.3 Å². The third-order valence-electron chi connectivity index (χ3n) is 4.47. The number of amides is 1. The fraction of sp³-hybridized carbons (Fsp3) is 0.316. The summed E-state index contributed by atoms with van der Waals surface area (Å²) in [7, 11) is 2.20. The first-order chi connectivity index (χ1) is 12.0. The van der Waals surface area contributed by atoms with Crippen molar-refractivity contribution in [2.24, 2.45) is 0 Å². The number of hydrogen-bond acceptors (Lipinski definition) is 2. The van der Waals surface area contributed by atoms with Crippen molar-refractivity contribution in [2.45, 2.75) is 6.42 Å². The van der Waals surface area contributed by atoms with Gasteiger partial charge in [0.25, 0.3) is 0 Å². The average molecular weight is 379 g/mol. The summed E-state index contributed by atoms with van der Waals surface area (Å²) in [5, 5.41) is 4.30. The number of rotatable bonds is 4. The number of likely N-dealkylation sites (N-methyl/N-ethyl adjacent to an activating group) is 1. The first-order valence-corrected chi connectivity index (χ1v) is 9.17. The molecule has 0 aromatic heterocycles. The Balaban J connectivity index is 1.73. The molecule has 0 atom stereocenters. The molecule has 1 fully saturated rings. The Morgan fingerprint density at radius 2 is 1.72 bits per heavy atom. The van der Waals surface area contributed by atoms with Crippen LogP contribution in [0.15, 0.2) is 42.5 Å². The molecule has 0 radical (unpaired) electrons. The summed E-state index contributed by atoms with van der Waals surface area (Å²) in [5.41, 5.74) is 2.72. The molecule has 2 N–H and O–H groups in total. The summed E-state index contributed by atoms with van der Waals surface area (Å²) in [6.07, 6.45) is 0.302. The van der Waals surface area contributed by atoms with Crippen LogP contribution in [0.3, 0.4) is 0 Å². The van der Waals surface area contributed by atoms with Gasteiger partial charge >= 0.3 is 0 Å². The number of nitrogens with zero attached hydrogens (tertiary/aromatic N) is 1. The van der Waals surface area contributed by atoms with Crippen molar-refractivity contribution in [1.29, 1.82) is 0 Å². The van der Waals surface area contributed by atoms with E-state index in [-0.39, 0.29) is 5.91 Å². The van der Waals surface area contributed by atoms with Gasteiger partial charge in [0.05, 0.1) is 51.0 Å². The predicted molar refractivity (Wildman–Crippen MR) is 104 cm³/mol. The molecule has 2 aromatic carbocycles. The van der Waals surface area contributed by atoms with Gasteiger partial charge in [-0.05, 0) is 35.9 Å². The molecule has 25 heavy (non-hydrogen) atoms. The highest BCUT2D eigenvalue weighted by Gasteiger charge is 2.20. The molecular formula is C19H22Cl2N3O+. The largest absolute Gasteiger partial charge is 0.359 e. The number of benzene rings is 2. The third kappa shape index (κ3) is 4.88. The minimum Gasteiger partial charge on any atom is -0.359 e. The summed E-state index contributed by atoms with van der Waals surface area (Å²) in [5.74, 6) is -0.0643. The lowest BCUT2D eigenvalue weighted by atomic mass is 10.1. The lowest BCUT2D eigenvalue weighted by Crippen LogP contribution is -3.12. The van der Waals surface area contributed by atoms with Crippen molar-refractivity contribution in [1.82, 2.24) is 0 Å². The standard InChI is InChI=1S/C19H21Cl2N3O/c1-23-8-10-24(11-9-23)18-7-6-16(21)13-17(18)22-19(25)12-14-2-4-15(20)5-3-14/h2-7,13H,8-12H2,1H3,(H,22,25)/p+1. The lowest BCUT2D eigenvalue weighted by Gasteiger charge is -2.33. The normalized spacial score (nSPS) is 15.2. The Labute approximate surface area is 158 Å².